The Labute approximate surface area is 126 Å². The maximum Gasteiger partial charge on any atom is 0.254 e. The highest BCUT2D eigenvalue weighted by molar-refractivity contribution is 9.11. The molecule has 2 atom stereocenters. The van der Waals surface area contributed by atoms with Crippen LogP contribution in [0, 0.1) is 5.92 Å². The SMILES string of the molecule is CN1CCCC2CN(C(=O)c3csc(Br)c3)CCC21. The Morgan fingerprint density at radius 1 is 1.42 bits per heavy atom. The van der Waals surface area contributed by atoms with E-state index in [1.165, 1.54) is 19.4 Å². The minimum absolute atomic E-state index is 0.202. The highest BCUT2D eigenvalue weighted by atomic mass is 79.9. The lowest BCUT2D eigenvalue weighted by Gasteiger charge is -2.45. The van der Waals surface area contributed by atoms with Crippen LogP contribution in [0.15, 0.2) is 15.2 Å². The highest BCUT2D eigenvalue weighted by Crippen LogP contribution is 2.31. The third-order valence-electron chi connectivity index (χ3n) is 4.45. The Balaban J connectivity index is 1.69. The smallest absolute Gasteiger partial charge is 0.254 e. The molecule has 5 heteroatoms. The Hall–Kier alpha value is -0.390. The summed E-state index contributed by atoms with van der Waals surface area (Å²) in [6, 6.07) is 2.62. The van der Waals surface area contributed by atoms with Gasteiger partial charge >= 0.3 is 0 Å². The second-order valence-electron chi connectivity index (χ2n) is 5.63. The number of hydrogen-bond donors (Lipinski definition) is 0. The first-order valence-electron chi connectivity index (χ1n) is 6.88. The standard InChI is InChI=1S/C14H19BrN2OS/c1-16-5-2-3-10-8-17(6-4-12(10)16)14(18)11-7-13(15)19-9-11/h7,9-10,12H,2-6,8H2,1H3. The summed E-state index contributed by atoms with van der Waals surface area (Å²) in [6.07, 6.45) is 3.66. The van der Waals surface area contributed by atoms with Crippen LogP contribution in [0.1, 0.15) is 29.6 Å². The van der Waals surface area contributed by atoms with Gasteiger partial charge in [-0.15, -0.1) is 11.3 Å². The van der Waals surface area contributed by atoms with Crippen LogP contribution in [0.2, 0.25) is 0 Å². The molecule has 2 fully saturated rings. The van der Waals surface area contributed by atoms with E-state index < -0.39 is 0 Å². The monoisotopic (exact) mass is 342 g/mol. The molecule has 104 valence electrons. The molecule has 1 amide bonds. The number of thiophene rings is 1. The number of rotatable bonds is 1. The summed E-state index contributed by atoms with van der Waals surface area (Å²) < 4.78 is 1.03. The topological polar surface area (TPSA) is 23.6 Å². The fourth-order valence-electron chi connectivity index (χ4n) is 3.44. The van der Waals surface area contributed by atoms with Crippen molar-refractivity contribution in [2.45, 2.75) is 25.3 Å². The number of amides is 1. The molecule has 0 radical (unpaired) electrons. The van der Waals surface area contributed by atoms with Crippen molar-refractivity contribution in [1.82, 2.24) is 9.80 Å². The first-order chi connectivity index (χ1) is 9.15. The van der Waals surface area contributed by atoms with Gasteiger partial charge < -0.3 is 9.80 Å². The van der Waals surface area contributed by atoms with Crippen LogP contribution in [0.4, 0.5) is 0 Å². The van der Waals surface area contributed by atoms with Crippen LogP contribution < -0.4 is 0 Å². The van der Waals surface area contributed by atoms with Gasteiger partial charge in [0, 0.05) is 24.5 Å². The number of likely N-dealkylation sites (tertiary alicyclic amines) is 2. The van der Waals surface area contributed by atoms with Crippen LogP contribution in [-0.4, -0.2) is 48.4 Å². The fourth-order valence-corrected chi connectivity index (χ4v) is 4.57. The van der Waals surface area contributed by atoms with E-state index in [0.717, 1.165) is 28.9 Å². The van der Waals surface area contributed by atoms with Crippen molar-refractivity contribution in [2.24, 2.45) is 5.92 Å². The summed E-state index contributed by atoms with van der Waals surface area (Å²) in [5.41, 5.74) is 0.833. The van der Waals surface area contributed by atoms with Crippen LogP contribution in [0.3, 0.4) is 0 Å². The summed E-state index contributed by atoms with van der Waals surface area (Å²) in [5, 5.41) is 1.95. The molecule has 0 saturated carbocycles. The van der Waals surface area contributed by atoms with Crippen LogP contribution >= 0.6 is 27.3 Å². The third-order valence-corrected chi connectivity index (χ3v) is 5.95. The molecule has 3 rings (SSSR count). The molecule has 1 aromatic heterocycles. The van der Waals surface area contributed by atoms with Gasteiger partial charge in [0.1, 0.15) is 0 Å². The maximum atomic E-state index is 12.5. The molecule has 2 aliphatic rings. The number of carbonyl (C=O) groups excluding carboxylic acids is 1. The van der Waals surface area contributed by atoms with Crippen molar-refractivity contribution in [1.29, 1.82) is 0 Å². The summed E-state index contributed by atoms with van der Waals surface area (Å²) in [5.74, 6) is 0.868. The van der Waals surface area contributed by atoms with Crippen molar-refractivity contribution in [3.05, 3.63) is 20.8 Å². The van der Waals surface area contributed by atoms with Crippen molar-refractivity contribution >= 4 is 33.2 Å². The normalized spacial score (nSPS) is 28.2. The molecule has 1 aromatic rings. The Morgan fingerprint density at radius 3 is 3.00 bits per heavy atom. The van der Waals surface area contributed by atoms with Gasteiger partial charge in [-0.2, -0.15) is 0 Å². The van der Waals surface area contributed by atoms with Crippen molar-refractivity contribution in [3.8, 4) is 0 Å². The first-order valence-corrected chi connectivity index (χ1v) is 8.56. The van der Waals surface area contributed by atoms with Gasteiger partial charge in [-0.1, -0.05) is 0 Å². The number of nitrogens with zero attached hydrogens (tertiary/aromatic N) is 2. The Bertz CT molecular complexity index is 476. The van der Waals surface area contributed by atoms with E-state index in [1.54, 1.807) is 11.3 Å². The second-order valence-corrected chi connectivity index (χ2v) is 7.92. The van der Waals surface area contributed by atoms with E-state index in [9.17, 15) is 4.79 Å². The second kappa shape index (κ2) is 5.54. The lowest BCUT2D eigenvalue weighted by molar-refractivity contribution is 0.0317. The molecule has 0 N–H and O–H groups in total. The van der Waals surface area contributed by atoms with E-state index in [1.807, 2.05) is 11.4 Å². The molecule has 0 aliphatic carbocycles. The quantitative estimate of drug-likeness (QED) is 0.782. The van der Waals surface area contributed by atoms with Crippen molar-refractivity contribution in [3.63, 3.8) is 0 Å². The van der Waals surface area contributed by atoms with Gasteiger partial charge in [0.25, 0.3) is 5.91 Å². The van der Waals surface area contributed by atoms with Gasteiger partial charge in [-0.05, 0) is 60.8 Å². The maximum absolute atomic E-state index is 12.5. The average Bonchev–Trinajstić information content (AvgIpc) is 2.84. The zero-order valence-electron chi connectivity index (χ0n) is 11.1. The van der Waals surface area contributed by atoms with Gasteiger partial charge in [0.15, 0.2) is 0 Å². The summed E-state index contributed by atoms with van der Waals surface area (Å²) >= 11 is 5.01. The summed E-state index contributed by atoms with van der Waals surface area (Å²) in [7, 11) is 2.23. The molecule has 2 aliphatic heterocycles. The zero-order chi connectivity index (χ0) is 13.4. The fraction of sp³-hybridized carbons (Fsp3) is 0.643. The number of halogens is 1. The molecular formula is C14H19BrN2OS. The number of carbonyl (C=O) groups is 1. The first kappa shape index (κ1) is 13.6. The van der Waals surface area contributed by atoms with E-state index in [-0.39, 0.29) is 5.91 Å². The van der Waals surface area contributed by atoms with Crippen molar-refractivity contribution < 1.29 is 4.79 Å². The van der Waals surface area contributed by atoms with Gasteiger partial charge in [-0.25, -0.2) is 0 Å². The minimum atomic E-state index is 0.202. The predicted molar refractivity (Wildman–Crippen MR) is 81.7 cm³/mol. The van der Waals surface area contributed by atoms with Gasteiger partial charge in [0.2, 0.25) is 0 Å². The van der Waals surface area contributed by atoms with Crippen LogP contribution in [0.25, 0.3) is 0 Å². The van der Waals surface area contributed by atoms with Gasteiger partial charge in [-0.3, -0.25) is 4.79 Å². The van der Waals surface area contributed by atoms with Crippen LogP contribution in [0.5, 0.6) is 0 Å². The number of fused-ring (bicyclic) bond motifs is 1. The molecule has 2 saturated heterocycles. The molecule has 0 spiro atoms. The average molecular weight is 343 g/mol. The van der Waals surface area contributed by atoms with E-state index in [0.29, 0.717) is 12.0 Å². The van der Waals surface area contributed by atoms with Crippen LogP contribution in [-0.2, 0) is 0 Å². The van der Waals surface area contributed by atoms with E-state index in [2.05, 4.69) is 32.8 Å². The van der Waals surface area contributed by atoms with Gasteiger partial charge in [0.05, 0.1) is 9.35 Å². The Morgan fingerprint density at radius 2 is 2.26 bits per heavy atom. The molecule has 3 nitrogen and oxygen atoms in total. The molecule has 19 heavy (non-hydrogen) atoms. The van der Waals surface area contributed by atoms with E-state index >= 15 is 0 Å². The Kier molecular flexibility index (Phi) is 3.96. The lowest BCUT2D eigenvalue weighted by atomic mass is 9.84. The van der Waals surface area contributed by atoms with E-state index in [4.69, 9.17) is 0 Å². The highest BCUT2D eigenvalue weighted by Gasteiger charge is 2.35. The molecule has 0 aromatic carbocycles. The molecular weight excluding hydrogens is 324 g/mol. The third kappa shape index (κ3) is 2.73. The lowest BCUT2D eigenvalue weighted by Crippen LogP contribution is -2.53. The largest absolute Gasteiger partial charge is 0.338 e. The number of hydrogen-bond acceptors (Lipinski definition) is 3. The minimum Gasteiger partial charge on any atom is -0.338 e. The summed E-state index contributed by atoms with van der Waals surface area (Å²) in [4.78, 5) is 17.0. The molecule has 2 unspecified atom stereocenters. The zero-order valence-corrected chi connectivity index (χ0v) is 13.5. The molecule has 3 heterocycles. The molecule has 0 bridgehead atoms. The summed E-state index contributed by atoms with van der Waals surface area (Å²) in [6.45, 7) is 3.05. The number of piperidine rings is 2. The van der Waals surface area contributed by atoms with Crippen molar-refractivity contribution in [2.75, 3.05) is 26.7 Å². The predicted octanol–water partition coefficient (Wildman–Crippen LogP) is 3.07.